The SMILES string of the molecule is CCOCn1cc(Cl)c([N+](=O)[O-])n1. The molecule has 0 atom stereocenters. The molecule has 0 spiro atoms. The first kappa shape index (κ1) is 9.94. The monoisotopic (exact) mass is 205 g/mol. The summed E-state index contributed by atoms with van der Waals surface area (Å²) in [6, 6.07) is 0. The molecule has 6 nitrogen and oxygen atoms in total. The van der Waals surface area contributed by atoms with Gasteiger partial charge in [-0.1, -0.05) is 11.6 Å². The third-order valence-electron chi connectivity index (χ3n) is 1.30. The molecule has 0 N–H and O–H groups in total. The van der Waals surface area contributed by atoms with Crippen molar-refractivity contribution in [3.8, 4) is 0 Å². The molecule has 1 aromatic rings. The Hall–Kier alpha value is -1.14. The summed E-state index contributed by atoms with van der Waals surface area (Å²) >= 11 is 5.54. The van der Waals surface area contributed by atoms with Crippen molar-refractivity contribution in [2.75, 3.05) is 6.61 Å². The van der Waals surface area contributed by atoms with Gasteiger partial charge in [0.2, 0.25) is 0 Å². The number of hydrogen-bond donors (Lipinski definition) is 0. The molecule has 0 aliphatic rings. The Morgan fingerprint density at radius 3 is 3.00 bits per heavy atom. The first-order valence-corrected chi connectivity index (χ1v) is 3.98. The molecule has 0 bridgehead atoms. The quantitative estimate of drug-likeness (QED) is 0.551. The van der Waals surface area contributed by atoms with E-state index in [-0.39, 0.29) is 17.6 Å². The van der Waals surface area contributed by atoms with Crippen molar-refractivity contribution in [3.63, 3.8) is 0 Å². The maximum atomic E-state index is 10.3. The van der Waals surface area contributed by atoms with Crippen molar-refractivity contribution in [3.05, 3.63) is 21.3 Å². The maximum absolute atomic E-state index is 10.3. The summed E-state index contributed by atoms with van der Waals surface area (Å²) < 4.78 is 6.27. The number of nitrogens with zero attached hydrogens (tertiary/aromatic N) is 3. The van der Waals surface area contributed by atoms with E-state index in [0.29, 0.717) is 6.61 Å². The predicted octanol–water partition coefficient (Wildman–Crippen LogP) is 1.44. The Morgan fingerprint density at radius 2 is 2.54 bits per heavy atom. The first-order chi connectivity index (χ1) is 6.15. The van der Waals surface area contributed by atoms with E-state index in [9.17, 15) is 10.1 Å². The van der Waals surface area contributed by atoms with Crippen LogP contribution in [-0.2, 0) is 11.5 Å². The lowest BCUT2D eigenvalue weighted by Crippen LogP contribution is -2.03. The molecule has 1 aromatic heterocycles. The first-order valence-electron chi connectivity index (χ1n) is 3.60. The van der Waals surface area contributed by atoms with Crippen LogP contribution in [-0.4, -0.2) is 21.3 Å². The molecule has 7 heteroatoms. The van der Waals surface area contributed by atoms with Crippen LogP contribution >= 0.6 is 11.6 Å². The van der Waals surface area contributed by atoms with Gasteiger partial charge in [-0.05, 0) is 11.8 Å². The number of rotatable bonds is 4. The predicted molar refractivity (Wildman–Crippen MR) is 45.5 cm³/mol. The van der Waals surface area contributed by atoms with Crippen molar-refractivity contribution >= 4 is 17.4 Å². The Morgan fingerprint density at radius 1 is 1.85 bits per heavy atom. The van der Waals surface area contributed by atoms with E-state index in [1.54, 1.807) is 0 Å². The van der Waals surface area contributed by atoms with Gasteiger partial charge < -0.3 is 14.9 Å². The Kier molecular flexibility index (Phi) is 3.21. The van der Waals surface area contributed by atoms with Crippen LogP contribution in [0, 0.1) is 10.1 Å². The molecule has 0 amide bonds. The van der Waals surface area contributed by atoms with Gasteiger partial charge in [0, 0.05) is 6.61 Å². The van der Waals surface area contributed by atoms with E-state index in [0.717, 1.165) is 0 Å². The van der Waals surface area contributed by atoms with E-state index in [1.165, 1.54) is 10.9 Å². The average Bonchev–Trinajstić information content (AvgIpc) is 2.43. The number of hydrogen-bond acceptors (Lipinski definition) is 4. The highest BCUT2D eigenvalue weighted by molar-refractivity contribution is 6.32. The summed E-state index contributed by atoms with van der Waals surface area (Å²) in [6.07, 6.45) is 1.36. The third kappa shape index (κ3) is 2.40. The molecule has 0 fully saturated rings. The lowest BCUT2D eigenvalue weighted by Gasteiger charge is -1.94. The van der Waals surface area contributed by atoms with E-state index >= 15 is 0 Å². The van der Waals surface area contributed by atoms with Crippen LogP contribution < -0.4 is 0 Å². The van der Waals surface area contributed by atoms with Crippen LogP contribution in [0.15, 0.2) is 6.20 Å². The van der Waals surface area contributed by atoms with Crippen LogP contribution in [0.4, 0.5) is 5.82 Å². The van der Waals surface area contributed by atoms with Gasteiger partial charge in [-0.15, -0.1) is 0 Å². The van der Waals surface area contributed by atoms with Crippen molar-refractivity contribution in [2.24, 2.45) is 0 Å². The molecule has 0 aliphatic heterocycles. The van der Waals surface area contributed by atoms with Crippen LogP contribution in [0.1, 0.15) is 6.92 Å². The Balaban J connectivity index is 2.76. The Labute approximate surface area is 79.2 Å². The summed E-state index contributed by atoms with van der Waals surface area (Å²) in [7, 11) is 0. The number of aromatic nitrogens is 2. The molecule has 0 aliphatic carbocycles. The van der Waals surface area contributed by atoms with E-state index in [1.807, 2.05) is 6.92 Å². The standard InChI is InChI=1S/C6H8ClN3O3/c1-2-13-4-9-3-5(7)6(8-9)10(11)12/h3H,2,4H2,1H3. The second-order valence-corrected chi connectivity index (χ2v) is 2.63. The van der Waals surface area contributed by atoms with Gasteiger partial charge in [-0.3, -0.25) is 0 Å². The highest BCUT2D eigenvalue weighted by Gasteiger charge is 2.18. The van der Waals surface area contributed by atoms with Gasteiger partial charge in [0.05, 0.1) is 11.3 Å². The van der Waals surface area contributed by atoms with Gasteiger partial charge in [0.25, 0.3) is 0 Å². The fourth-order valence-corrected chi connectivity index (χ4v) is 0.981. The molecule has 0 saturated heterocycles. The number of ether oxygens (including phenoxy) is 1. The minimum absolute atomic E-state index is 0.0182. The topological polar surface area (TPSA) is 70.2 Å². The summed E-state index contributed by atoms with van der Waals surface area (Å²) in [5, 5.41) is 13.9. The summed E-state index contributed by atoms with van der Waals surface area (Å²) in [4.78, 5) is 9.68. The molecule has 1 rings (SSSR count). The molecule has 0 unspecified atom stereocenters. The molecule has 0 aromatic carbocycles. The van der Waals surface area contributed by atoms with Crippen molar-refractivity contribution < 1.29 is 9.66 Å². The maximum Gasteiger partial charge on any atom is 0.408 e. The smallest absolute Gasteiger partial charge is 0.358 e. The second-order valence-electron chi connectivity index (χ2n) is 2.22. The number of halogens is 1. The van der Waals surface area contributed by atoms with Crippen LogP contribution in [0.5, 0.6) is 0 Å². The fourth-order valence-electron chi connectivity index (χ4n) is 0.762. The molecular weight excluding hydrogens is 198 g/mol. The van der Waals surface area contributed by atoms with Crippen molar-refractivity contribution in [1.82, 2.24) is 9.78 Å². The Bertz CT molecular complexity index is 312. The summed E-state index contributed by atoms with van der Waals surface area (Å²) in [6.45, 7) is 2.51. The third-order valence-corrected chi connectivity index (χ3v) is 1.57. The van der Waals surface area contributed by atoms with Gasteiger partial charge in [-0.2, -0.15) is 4.68 Å². The van der Waals surface area contributed by atoms with Gasteiger partial charge in [0.15, 0.2) is 11.8 Å². The van der Waals surface area contributed by atoms with Gasteiger partial charge >= 0.3 is 5.82 Å². The van der Waals surface area contributed by atoms with Crippen LogP contribution in [0.2, 0.25) is 5.02 Å². The molecule has 72 valence electrons. The van der Waals surface area contributed by atoms with Gasteiger partial charge in [0.1, 0.15) is 0 Å². The molecule has 1 heterocycles. The normalized spacial score (nSPS) is 10.3. The highest BCUT2D eigenvalue weighted by atomic mass is 35.5. The summed E-state index contributed by atoms with van der Waals surface area (Å²) in [5.41, 5.74) is 0. The van der Waals surface area contributed by atoms with Crippen LogP contribution in [0.3, 0.4) is 0 Å². The summed E-state index contributed by atoms with van der Waals surface area (Å²) in [5.74, 6) is -0.346. The minimum atomic E-state index is -0.634. The zero-order valence-electron chi connectivity index (χ0n) is 6.94. The van der Waals surface area contributed by atoms with Crippen molar-refractivity contribution in [1.29, 1.82) is 0 Å². The average molecular weight is 206 g/mol. The molecular formula is C6H8ClN3O3. The zero-order chi connectivity index (χ0) is 9.84. The fraction of sp³-hybridized carbons (Fsp3) is 0.500. The lowest BCUT2D eigenvalue weighted by molar-refractivity contribution is -0.389. The molecule has 0 radical (unpaired) electrons. The second kappa shape index (κ2) is 4.20. The van der Waals surface area contributed by atoms with E-state index in [4.69, 9.17) is 16.3 Å². The highest BCUT2D eigenvalue weighted by Crippen LogP contribution is 2.20. The van der Waals surface area contributed by atoms with Crippen LogP contribution in [0.25, 0.3) is 0 Å². The minimum Gasteiger partial charge on any atom is -0.358 e. The zero-order valence-corrected chi connectivity index (χ0v) is 7.69. The van der Waals surface area contributed by atoms with Gasteiger partial charge in [-0.25, -0.2) is 0 Å². The van der Waals surface area contributed by atoms with Crippen molar-refractivity contribution in [2.45, 2.75) is 13.7 Å². The van der Waals surface area contributed by atoms with E-state index < -0.39 is 4.92 Å². The lowest BCUT2D eigenvalue weighted by atomic mass is 10.6. The molecule has 0 saturated carbocycles. The van der Waals surface area contributed by atoms with E-state index in [2.05, 4.69) is 5.10 Å². The molecule has 13 heavy (non-hydrogen) atoms. The number of nitro groups is 1. The largest absolute Gasteiger partial charge is 0.408 e.